The van der Waals surface area contributed by atoms with Crippen LogP contribution in [0.5, 0.6) is 0 Å². The number of aliphatic hydroxyl groups is 1. The number of sulfonamides is 1. The molecule has 2 N–H and O–H groups in total. The standard InChI is InChI=1S/C16H22FNO5S/c1-3-6-16(15(20)21)7-8-18(10-14(16)19)24(22,23)12-5-4-11(2)13(17)9-12/h4-5,9,14,19H,3,6-8,10H2,1-2H3,(H,20,21)/t14-,16+/m1/s1. The van der Waals surface area contributed by atoms with Crippen molar-refractivity contribution >= 4 is 16.0 Å². The summed E-state index contributed by atoms with van der Waals surface area (Å²) in [5.74, 6) is -1.74. The summed E-state index contributed by atoms with van der Waals surface area (Å²) < 4.78 is 40.0. The topological polar surface area (TPSA) is 94.9 Å². The predicted molar refractivity (Wildman–Crippen MR) is 85.5 cm³/mol. The minimum atomic E-state index is -3.98. The molecule has 0 spiro atoms. The fourth-order valence-electron chi connectivity index (χ4n) is 3.15. The summed E-state index contributed by atoms with van der Waals surface area (Å²) in [6.07, 6.45) is -0.449. The van der Waals surface area contributed by atoms with E-state index in [1.165, 1.54) is 19.1 Å². The number of carboxylic acids is 1. The molecule has 134 valence electrons. The van der Waals surface area contributed by atoms with Crippen molar-refractivity contribution in [3.8, 4) is 0 Å². The molecule has 8 heteroatoms. The Morgan fingerprint density at radius 3 is 2.62 bits per heavy atom. The molecule has 1 aromatic rings. The van der Waals surface area contributed by atoms with Crippen LogP contribution in [0, 0.1) is 18.2 Å². The number of hydrogen-bond acceptors (Lipinski definition) is 4. The molecule has 1 aliphatic heterocycles. The number of benzene rings is 1. The number of halogens is 1. The smallest absolute Gasteiger partial charge is 0.312 e. The molecule has 24 heavy (non-hydrogen) atoms. The van der Waals surface area contributed by atoms with E-state index in [1.807, 2.05) is 6.92 Å². The lowest BCUT2D eigenvalue weighted by Gasteiger charge is -2.42. The maximum absolute atomic E-state index is 13.7. The second-order valence-electron chi connectivity index (χ2n) is 6.25. The molecule has 0 radical (unpaired) electrons. The molecular formula is C16H22FNO5S. The monoisotopic (exact) mass is 359 g/mol. The van der Waals surface area contributed by atoms with Crippen molar-refractivity contribution in [1.82, 2.24) is 4.31 Å². The number of piperidine rings is 1. The van der Waals surface area contributed by atoms with Crippen molar-refractivity contribution in [1.29, 1.82) is 0 Å². The highest BCUT2D eigenvalue weighted by molar-refractivity contribution is 7.89. The van der Waals surface area contributed by atoms with Crippen molar-refractivity contribution < 1.29 is 27.8 Å². The van der Waals surface area contributed by atoms with E-state index in [1.54, 1.807) is 0 Å². The van der Waals surface area contributed by atoms with E-state index in [-0.39, 0.29) is 30.8 Å². The Kier molecular flexibility index (Phi) is 5.31. The predicted octanol–water partition coefficient (Wildman–Crippen LogP) is 1.76. The van der Waals surface area contributed by atoms with Crippen LogP contribution < -0.4 is 0 Å². The van der Waals surface area contributed by atoms with E-state index in [4.69, 9.17) is 0 Å². The van der Waals surface area contributed by atoms with Gasteiger partial charge < -0.3 is 10.2 Å². The summed E-state index contributed by atoms with van der Waals surface area (Å²) >= 11 is 0. The Bertz CT molecular complexity index is 736. The van der Waals surface area contributed by atoms with Crippen molar-refractivity contribution in [3.05, 3.63) is 29.6 Å². The zero-order chi connectivity index (χ0) is 18.1. The molecule has 1 saturated heterocycles. The van der Waals surface area contributed by atoms with Crippen LogP contribution in [-0.2, 0) is 14.8 Å². The van der Waals surface area contributed by atoms with Gasteiger partial charge in [0.2, 0.25) is 10.0 Å². The van der Waals surface area contributed by atoms with Gasteiger partial charge in [0.05, 0.1) is 16.4 Å². The highest BCUT2D eigenvalue weighted by atomic mass is 32.2. The number of nitrogens with zero attached hydrogens (tertiary/aromatic N) is 1. The van der Waals surface area contributed by atoms with Crippen LogP contribution in [-0.4, -0.2) is 48.1 Å². The molecule has 6 nitrogen and oxygen atoms in total. The summed E-state index contributed by atoms with van der Waals surface area (Å²) in [5, 5.41) is 19.8. The van der Waals surface area contributed by atoms with Crippen LogP contribution in [0.4, 0.5) is 4.39 Å². The van der Waals surface area contributed by atoms with Crippen LogP contribution in [0.15, 0.2) is 23.1 Å². The fourth-order valence-corrected chi connectivity index (χ4v) is 4.60. The Hall–Kier alpha value is -1.51. The molecule has 2 atom stereocenters. The van der Waals surface area contributed by atoms with E-state index < -0.39 is 33.3 Å². The molecule has 0 bridgehead atoms. The summed E-state index contributed by atoms with van der Waals surface area (Å²) in [5.41, 5.74) is -1.00. The summed E-state index contributed by atoms with van der Waals surface area (Å²) in [7, 11) is -3.98. The Labute approximate surface area is 141 Å². The van der Waals surface area contributed by atoms with E-state index in [0.29, 0.717) is 12.0 Å². The first-order valence-corrected chi connectivity index (χ1v) is 9.27. The van der Waals surface area contributed by atoms with Gasteiger partial charge in [-0.1, -0.05) is 19.4 Å². The molecule has 1 heterocycles. The second kappa shape index (κ2) is 6.78. The van der Waals surface area contributed by atoms with Gasteiger partial charge in [0.15, 0.2) is 0 Å². The van der Waals surface area contributed by atoms with Crippen molar-refractivity contribution in [2.75, 3.05) is 13.1 Å². The lowest BCUT2D eigenvalue weighted by Crippen LogP contribution is -2.55. The molecule has 0 aliphatic carbocycles. The molecule has 1 fully saturated rings. The number of aryl methyl sites for hydroxylation is 1. The summed E-state index contributed by atoms with van der Waals surface area (Å²) in [6, 6.07) is 3.63. The molecule has 0 unspecified atom stereocenters. The summed E-state index contributed by atoms with van der Waals surface area (Å²) in [4.78, 5) is 11.4. The second-order valence-corrected chi connectivity index (χ2v) is 8.19. The number of β-amino-alcohol motifs (C(OH)–C–C–N with tert-alkyl or cyclic N) is 1. The van der Waals surface area contributed by atoms with E-state index in [9.17, 15) is 27.8 Å². The Balaban J connectivity index is 2.29. The van der Waals surface area contributed by atoms with Gasteiger partial charge in [-0.25, -0.2) is 12.8 Å². The molecule has 0 amide bonds. The third-order valence-corrected chi connectivity index (χ3v) is 6.59. The number of aliphatic carboxylic acids is 1. The van der Waals surface area contributed by atoms with Crippen LogP contribution >= 0.6 is 0 Å². The van der Waals surface area contributed by atoms with E-state index in [2.05, 4.69) is 0 Å². The number of carbonyl (C=O) groups is 1. The maximum atomic E-state index is 13.7. The zero-order valence-electron chi connectivity index (χ0n) is 13.7. The first-order valence-electron chi connectivity index (χ1n) is 7.83. The van der Waals surface area contributed by atoms with Crippen molar-refractivity contribution in [2.45, 2.75) is 44.1 Å². The molecule has 1 aromatic carbocycles. The number of aliphatic hydroxyl groups excluding tert-OH is 1. The largest absolute Gasteiger partial charge is 0.481 e. The first-order chi connectivity index (χ1) is 11.1. The number of carboxylic acid groups (broad SMARTS) is 1. The van der Waals surface area contributed by atoms with Gasteiger partial charge in [-0.15, -0.1) is 0 Å². The zero-order valence-corrected chi connectivity index (χ0v) is 14.5. The van der Waals surface area contributed by atoms with Gasteiger partial charge in [-0.3, -0.25) is 4.79 Å². The quantitative estimate of drug-likeness (QED) is 0.835. The van der Waals surface area contributed by atoms with E-state index >= 15 is 0 Å². The fraction of sp³-hybridized carbons (Fsp3) is 0.562. The highest BCUT2D eigenvalue weighted by Gasteiger charge is 2.49. The summed E-state index contributed by atoms with van der Waals surface area (Å²) in [6.45, 7) is 3.00. The average Bonchev–Trinajstić information content (AvgIpc) is 2.51. The Morgan fingerprint density at radius 2 is 2.12 bits per heavy atom. The van der Waals surface area contributed by atoms with Gasteiger partial charge in [-0.05, 0) is 37.5 Å². The van der Waals surface area contributed by atoms with Crippen LogP contribution in [0.2, 0.25) is 0 Å². The molecule has 0 aromatic heterocycles. The lowest BCUT2D eigenvalue weighted by molar-refractivity contribution is -0.162. The van der Waals surface area contributed by atoms with Gasteiger partial charge in [0.25, 0.3) is 0 Å². The normalized spacial score (nSPS) is 25.6. The molecule has 0 saturated carbocycles. The third-order valence-electron chi connectivity index (χ3n) is 4.72. The van der Waals surface area contributed by atoms with Crippen molar-refractivity contribution in [3.63, 3.8) is 0 Å². The van der Waals surface area contributed by atoms with E-state index in [0.717, 1.165) is 10.4 Å². The van der Waals surface area contributed by atoms with Crippen LogP contribution in [0.1, 0.15) is 31.7 Å². The van der Waals surface area contributed by atoms with Gasteiger partial charge in [-0.2, -0.15) is 4.31 Å². The third kappa shape index (κ3) is 3.18. The highest BCUT2D eigenvalue weighted by Crippen LogP contribution is 2.38. The minimum absolute atomic E-state index is 0.0188. The van der Waals surface area contributed by atoms with Gasteiger partial charge in [0.1, 0.15) is 5.82 Å². The number of hydrogen-bond donors (Lipinski definition) is 2. The average molecular weight is 359 g/mol. The lowest BCUT2D eigenvalue weighted by atomic mass is 9.73. The molecular weight excluding hydrogens is 337 g/mol. The van der Waals surface area contributed by atoms with Crippen LogP contribution in [0.3, 0.4) is 0 Å². The minimum Gasteiger partial charge on any atom is -0.481 e. The number of rotatable bonds is 5. The van der Waals surface area contributed by atoms with Crippen LogP contribution in [0.25, 0.3) is 0 Å². The van der Waals surface area contributed by atoms with Gasteiger partial charge in [0, 0.05) is 13.1 Å². The molecule has 1 aliphatic rings. The SMILES string of the molecule is CCC[C@]1(C(=O)O)CCN(S(=O)(=O)c2ccc(C)c(F)c2)C[C@H]1O. The maximum Gasteiger partial charge on any atom is 0.312 e. The molecule has 2 rings (SSSR count). The van der Waals surface area contributed by atoms with Crippen molar-refractivity contribution in [2.24, 2.45) is 5.41 Å². The Morgan fingerprint density at radius 1 is 1.46 bits per heavy atom. The first kappa shape index (κ1) is 18.8. The van der Waals surface area contributed by atoms with Gasteiger partial charge >= 0.3 is 5.97 Å².